The van der Waals surface area contributed by atoms with E-state index in [2.05, 4.69) is 69.4 Å². The Morgan fingerprint density at radius 1 is 0.833 bits per heavy atom. The number of aromatic nitrogens is 1. The first-order valence-electron chi connectivity index (χ1n) is 9.00. The minimum atomic E-state index is 0.173. The maximum atomic E-state index is 4.51. The molecular weight excluding hydrogens is 294 g/mol. The molecule has 1 aliphatic carbocycles. The van der Waals surface area contributed by atoms with Gasteiger partial charge in [0.2, 0.25) is 0 Å². The number of piperazine rings is 1. The van der Waals surface area contributed by atoms with Gasteiger partial charge in [-0.1, -0.05) is 48.6 Å². The molecule has 1 aromatic heterocycles. The van der Waals surface area contributed by atoms with E-state index >= 15 is 0 Å². The highest BCUT2D eigenvalue weighted by atomic mass is 15.3. The van der Waals surface area contributed by atoms with Crippen LogP contribution in [-0.4, -0.2) is 36.1 Å². The Kier molecular flexibility index (Phi) is 4.35. The van der Waals surface area contributed by atoms with Gasteiger partial charge >= 0.3 is 0 Å². The molecule has 1 unspecified atom stereocenters. The number of anilines is 1. The lowest BCUT2D eigenvalue weighted by molar-refractivity contribution is 0.0678. The van der Waals surface area contributed by atoms with Crippen molar-refractivity contribution in [3.8, 4) is 0 Å². The second-order valence-corrected chi connectivity index (χ2v) is 6.77. The fourth-order valence-corrected chi connectivity index (χ4v) is 4.21. The topological polar surface area (TPSA) is 19.4 Å². The van der Waals surface area contributed by atoms with Crippen molar-refractivity contribution in [1.82, 2.24) is 9.88 Å². The molecule has 2 heterocycles. The monoisotopic (exact) mass is 319 g/mol. The quantitative estimate of drug-likeness (QED) is 0.801. The van der Waals surface area contributed by atoms with Crippen molar-refractivity contribution in [3.05, 3.63) is 72.4 Å². The first-order chi connectivity index (χ1) is 11.9. The van der Waals surface area contributed by atoms with Crippen molar-refractivity contribution in [2.45, 2.75) is 24.8 Å². The molecule has 4 rings (SSSR count). The summed E-state index contributed by atoms with van der Waals surface area (Å²) in [6.07, 6.45) is 10.1. The Bertz CT molecular complexity index is 675. The predicted molar refractivity (Wildman–Crippen MR) is 99.1 cm³/mol. The van der Waals surface area contributed by atoms with Gasteiger partial charge in [0.15, 0.2) is 0 Å². The van der Waals surface area contributed by atoms with Crippen LogP contribution in [0.15, 0.2) is 66.9 Å². The molecule has 0 N–H and O–H groups in total. The van der Waals surface area contributed by atoms with Crippen LogP contribution in [0.5, 0.6) is 0 Å². The van der Waals surface area contributed by atoms with Crippen LogP contribution < -0.4 is 4.90 Å². The van der Waals surface area contributed by atoms with Gasteiger partial charge in [0.05, 0.1) is 0 Å². The lowest BCUT2D eigenvalue weighted by Gasteiger charge is -2.49. The number of benzene rings is 1. The van der Waals surface area contributed by atoms with Gasteiger partial charge in [0, 0.05) is 37.9 Å². The SMILES string of the molecule is C1=CCC(c2ccccc2)(N2CCN(c3ccccn3)CC2)CC1. The maximum Gasteiger partial charge on any atom is 0.128 e. The van der Waals surface area contributed by atoms with E-state index in [1.54, 1.807) is 0 Å². The zero-order valence-electron chi connectivity index (χ0n) is 14.1. The second kappa shape index (κ2) is 6.78. The third-order valence-electron chi connectivity index (χ3n) is 5.52. The summed E-state index contributed by atoms with van der Waals surface area (Å²) in [7, 11) is 0. The van der Waals surface area contributed by atoms with E-state index < -0.39 is 0 Å². The third-order valence-corrected chi connectivity index (χ3v) is 5.52. The summed E-state index contributed by atoms with van der Waals surface area (Å²) in [6.45, 7) is 4.29. The number of hydrogen-bond acceptors (Lipinski definition) is 3. The first-order valence-corrected chi connectivity index (χ1v) is 9.00. The molecule has 24 heavy (non-hydrogen) atoms. The fourth-order valence-electron chi connectivity index (χ4n) is 4.21. The molecule has 1 aliphatic heterocycles. The summed E-state index contributed by atoms with van der Waals surface area (Å²) >= 11 is 0. The van der Waals surface area contributed by atoms with Crippen LogP contribution in [0.25, 0.3) is 0 Å². The van der Waals surface area contributed by atoms with Gasteiger partial charge in [-0.3, -0.25) is 4.90 Å². The van der Waals surface area contributed by atoms with Crippen LogP contribution in [-0.2, 0) is 5.54 Å². The van der Waals surface area contributed by atoms with E-state index in [4.69, 9.17) is 0 Å². The lowest BCUT2D eigenvalue weighted by Crippen LogP contribution is -2.56. The standard InChI is InChI=1S/C21H25N3/c1-3-9-19(10-4-1)21(12-6-2-7-13-21)24-17-15-23(16-18-24)20-11-5-8-14-22-20/h1-6,8-11,14H,7,12-13,15-18H2. The summed E-state index contributed by atoms with van der Waals surface area (Å²) in [5, 5.41) is 0. The van der Waals surface area contributed by atoms with Gasteiger partial charge < -0.3 is 4.90 Å². The molecule has 1 fully saturated rings. The summed E-state index contributed by atoms with van der Waals surface area (Å²) in [4.78, 5) is 9.64. The molecule has 0 bridgehead atoms. The van der Waals surface area contributed by atoms with E-state index in [1.807, 2.05) is 12.3 Å². The Morgan fingerprint density at radius 3 is 2.29 bits per heavy atom. The van der Waals surface area contributed by atoms with Gasteiger partial charge in [-0.15, -0.1) is 0 Å². The van der Waals surface area contributed by atoms with Crippen LogP contribution in [0.1, 0.15) is 24.8 Å². The maximum absolute atomic E-state index is 4.51. The molecule has 0 saturated carbocycles. The zero-order valence-corrected chi connectivity index (χ0v) is 14.1. The summed E-state index contributed by atoms with van der Waals surface area (Å²) in [5.41, 5.74) is 1.65. The largest absolute Gasteiger partial charge is 0.354 e. The second-order valence-electron chi connectivity index (χ2n) is 6.77. The first kappa shape index (κ1) is 15.4. The van der Waals surface area contributed by atoms with Crippen molar-refractivity contribution >= 4 is 5.82 Å². The van der Waals surface area contributed by atoms with Crippen LogP contribution in [0, 0.1) is 0 Å². The van der Waals surface area contributed by atoms with E-state index in [0.717, 1.165) is 38.4 Å². The molecule has 0 amide bonds. The Balaban J connectivity index is 1.55. The van der Waals surface area contributed by atoms with E-state index in [-0.39, 0.29) is 5.54 Å². The Labute approximate surface area is 144 Å². The molecule has 0 spiro atoms. The molecule has 1 saturated heterocycles. The normalized spacial score (nSPS) is 24.9. The molecule has 1 atom stereocenters. The third kappa shape index (κ3) is 2.84. The Morgan fingerprint density at radius 2 is 1.62 bits per heavy atom. The molecule has 1 aromatic carbocycles. The average molecular weight is 319 g/mol. The average Bonchev–Trinajstić information content (AvgIpc) is 2.70. The highest BCUT2D eigenvalue weighted by Gasteiger charge is 2.39. The van der Waals surface area contributed by atoms with Gasteiger partial charge in [-0.25, -0.2) is 4.98 Å². The van der Waals surface area contributed by atoms with Crippen molar-refractivity contribution < 1.29 is 0 Å². The highest BCUT2D eigenvalue weighted by molar-refractivity contribution is 5.38. The highest BCUT2D eigenvalue weighted by Crippen LogP contribution is 2.40. The van der Waals surface area contributed by atoms with Crippen molar-refractivity contribution in [3.63, 3.8) is 0 Å². The van der Waals surface area contributed by atoms with Gasteiger partial charge in [0.25, 0.3) is 0 Å². The van der Waals surface area contributed by atoms with Crippen LogP contribution in [0.3, 0.4) is 0 Å². The molecule has 3 nitrogen and oxygen atoms in total. The zero-order chi connectivity index (χ0) is 16.2. The predicted octanol–water partition coefficient (Wildman–Crippen LogP) is 3.84. The Hall–Kier alpha value is -2.13. The van der Waals surface area contributed by atoms with Gasteiger partial charge in [0.1, 0.15) is 5.82 Å². The lowest BCUT2D eigenvalue weighted by atomic mass is 9.77. The number of nitrogens with zero attached hydrogens (tertiary/aromatic N) is 3. The minimum Gasteiger partial charge on any atom is -0.354 e. The smallest absolute Gasteiger partial charge is 0.128 e. The van der Waals surface area contributed by atoms with Crippen LogP contribution >= 0.6 is 0 Å². The summed E-state index contributed by atoms with van der Waals surface area (Å²) < 4.78 is 0. The van der Waals surface area contributed by atoms with E-state index in [1.165, 1.54) is 18.4 Å². The van der Waals surface area contributed by atoms with Gasteiger partial charge in [-0.2, -0.15) is 0 Å². The molecule has 2 aliphatic rings. The minimum absolute atomic E-state index is 0.173. The summed E-state index contributed by atoms with van der Waals surface area (Å²) in [6, 6.07) is 17.3. The molecule has 3 heteroatoms. The van der Waals surface area contributed by atoms with Crippen molar-refractivity contribution in [2.75, 3.05) is 31.1 Å². The number of allylic oxidation sites excluding steroid dienone is 1. The van der Waals surface area contributed by atoms with Crippen molar-refractivity contribution in [1.29, 1.82) is 0 Å². The van der Waals surface area contributed by atoms with E-state index in [0.29, 0.717) is 0 Å². The fraction of sp³-hybridized carbons (Fsp3) is 0.381. The van der Waals surface area contributed by atoms with Crippen LogP contribution in [0.2, 0.25) is 0 Å². The molecule has 2 aromatic rings. The van der Waals surface area contributed by atoms with E-state index in [9.17, 15) is 0 Å². The summed E-state index contributed by atoms with van der Waals surface area (Å²) in [5.74, 6) is 1.11. The van der Waals surface area contributed by atoms with Gasteiger partial charge in [-0.05, 0) is 37.0 Å². The van der Waals surface area contributed by atoms with Crippen LogP contribution in [0.4, 0.5) is 5.82 Å². The molecular formula is C21H25N3. The molecule has 124 valence electrons. The number of pyridine rings is 1. The molecule has 0 radical (unpaired) electrons. The number of rotatable bonds is 3. The number of hydrogen-bond donors (Lipinski definition) is 0. The van der Waals surface area contributed by atoms with Crippen molar-refractivity contribution in [2.24, 2.45) is 0 Å².